The van der Waals surface area contributed by atoms with Crippen LogP contribution in [0, 0.1) is 0 Å². The third kappa shape index (κ3) is 5.46. The van der Waals surface area contributed by atoms with Crippen molar-refractivity contribution in [3.8, 4) is 11.5 Å². The number of ketones is 1. The molecule has 0 aliphatic carbocycles. The molecule has 0 spiro atoms. The summed E-state index contributed by atoms with van der Waals surface area (Å²) in [4.78, 5) is 33.1. The highest BCUT2D eigenvalue weighted by molar-refractivity contribution is 7.22. The molecular formula is C31H27ClN2O5S. The Morgan fingerprint density at radius 3 is 2.65 bits per heavy atom. The SMILES string of the molecule is C=CCOc1ccc(C2C(=C(O)c3cccc(OCCCC)c3)C(=O)C(=O)N2c2nc3ccc(Cl)cc3s2)cc1. The number of aliphatic hydroxyl groups excluding tert-OH is 1. The van der Waals surface area contributed by atoms with Gasteiger partial charge in [-0.1, -0.05) is 73.2 Å². The second-order valence-electron chi connectivity index (χ2n) is 9.18. The van der Waals surface area contributed by atoms with Gasteiger partial charge < -0.3 is 14.6 Å². The van der Waals surface area contributed by atoms with Crippen LogP contribution >= 0.6 is 22.9 Å². The maximum Gasteiger partial charge on any atom is 0.301 e. The molecule has 1 aromatic heterocycles. The number of ether oxygens (including phenoxy) is 2. The number of unbranched alkanes of at least 4 members (excludes halogenated alkanes) is 1. The fraction of sp³-hybridized carbons (Fsp3) is 0.194. The molecule has 1 amide bonds. The highest BCUT2D eigenvalue weighted by atomic mass is 35.5. The standard InChI is InChI=1S/C31H27ClN2O5S/c1-3-5-16-39-23-8-6-7-20(17-23)28(35)26-27(19-9-12-22(13-10-19)38-15-4-2)34(30(37)29(26)36)31-33-24-14-11-21(32)18-25(24)40-31/h4,6-14,17-18,27,35H,2-3,5,15-16H2,1H3. The van der Waals surface area contributed by atoms with E-state index in [0.29, 0.717) is 51.5 Å². The predicted molar refractivity (Wildman–Crippen MR) is 158 cm³/mol. The Kier molecular flexibility index (Phi) is 8.19. The molecule has 3 aromatic carbocycles. The third-order valence-corrected chi connectivity index (χ3v) is 7.68. The molecule has 1 saturated heterocycles. The Morgan fingerprint density at radius 1 is 1.10 bits per heavy atom. The van der Waals surface area contributed by atoms with E-state index in [9.17, 15) is 14.7 Å². The van der Waals surface area contributed by atoms with Crippen LogP contribution < -0.4 is 14.4 Å². The van der Waals surface area contributed by atoms with Gasteiger partial charge in [-0.3, -0.25) is 14.5 Å². The zero-order valence-electron chi connectivity index (χ0n) is 21.8. The van der Waals surface area contributed by atoms with Gasteiger partial charge in [-0.2, -0.15) is 0 Å². The van der Waals surface area contributed by atoms with Crippen LogP contribution in [0.4, 0.5) is 5.13 Å². The Labute approximate surface area is 240 Å². The lowest BCUT2D eigenvalue weighted by Gasteiger charge is -2.23. The minimum Gasteiger partial charge on any atom is -0.507 e. The van der Waals surface area contributed by atoms with E-state index in [1.54, 1.807) is 72.8 Å². The molecule has 1 N–H and O–H groups in total. The van der Waals surface area contributed by atoms with Crippen molar-refractivity contribution in [1.29, 1.82) is 0 Å². The Hall–Kier alpha value is -4.14. The Balaban J connectivity index is 1.62. The molecule has 2 heterocycles. The van der Waals surface area contributed by atoms with Crippen LogP contribution in [-0.4, -0.2) is 35.0 Å². The van der Waals surface area contributed by atoms with Crippen LogP contribution in [0.3, 0.4) is 0 Å². The molecule has 1 atom stereocenters. The second kappa shape index (κ2) is 11.9. The monoisotopic (exact) mass is 574 g/mol. The number of benzene rings is 3. The van der Waals surface area contributed by atoms with Crippen molar-refractivity contribution in [2.75, 3.05) is 18.1 Å². The molecular weight excluding hydrogens is 548 g/mol. The van der Waals surface area contributed by atoms with E-state index in [-0.39, 0.29) is 11.3 Å². The average molecular weight is 575 g/mol. The number of fused-ring (bicyclic) bond motifs is 1. The van der Waals surface area contributed by atoms with Gasteiger partial charge in [0.15, 0.2) is 5.13 Å². The summed E-state index contributed by atoms with van der Waals surface area (Å²) in [6.07, 6.45) is 3.52. The summed E-state index contributed by atoms with van der Waals surface area (Å²) in [6.45, 7) is 6.60. The maximum absolute atomic E-state index is 13.5. The van der Waals surface area contributed by atoms with Crippen LogP contribution in [0.2, 0.25) is 5.02 Å². The topological polar surface area (TPSA) is 89.0 Å². The summed E-state index contributed by atoms with van der Waals surface area (Å²) < 4.78 is 12.2. The van der Waals surface area contributed by atoms with E-state index in [0.717, 1.165) is 17.5 Å². The van der Waals surface area contributed by atoms with Gasteiger partial charge in [-0.05, 0) is 54.4 Å². The molecule has 0 saturated carbocycles. The lowest BCUT2D eigenvalue weighted by atomic mass is 9.95. The van der Waals surface area contributed by atoms with Gasteiger partial charge in [0, 0.05) is 10.6 Å². The number of hydrogen-bond acceptors (Lipinski definition) is 7. The first-order valence-corrected chi connectivity index (χ1v) is 14.0. The number of rotatable bonds is 10. The van der Waals surface area contributed by atoms with Crippen LogP contribution in [0.1, 0.15) is 36.9 Å². The molecule has 1 aliphatic heterocycles. The number of aliphatic hydroxyl groups is 1. The summed E-state index contributed by atoms with van der Waals surface area (Å²) in [5, 5.41) is 12.4. The first-order valence-electron chi connectivity index (χ1n) is 12.8. The van der Waals surface area contributed by atoms with E-state index in [2.05, 4.69) is 18.5 Å². The summed E-state index contributed by atoms with van der Waals surface area (Å²) in [7, 11) is 0. The van der Waals surface area contributed by atoms with E-state index in [1.807, 2.05) is 0 Å². The number of aromatic nitrogens is 1. The van der Waals surface area contributed by atoms with Crippen molar-refractivity contribution < 1.29 is 24.2 Å². The summed E-state index contributed by atoms with van der Waals surface area (Å²) in [5.74, 6) is -0.701. The normalized spacial score (nSPS) is 16.4. The smallest absolute Gasteiger partial charge is 0.301 e. The van der Waals surface area contributed by atoms with Crippen molar-refractivity contribution in [2.45, 2.75) is 25.8 Å². The number of carbonyl (C=O) groups is 2. The minimum absolute atomic E-state index is 0.0345. The van der Waals surface area contributed by atoms with E-state index in [4.69, 9.17) is 21.1 Å². The number of Topliss-reactive ketones (excluding diaryl/α,β-unsaturated/α-hetero) is 1. The molecule has 9 heteroatoms. The number of amides is 1. The van der Waals surface area contributed by atoms with Crippen LogP contribution in [0.15, 0.2) is 85.0 Å². The van der Waals surface area contributed by atoms with Gasteiger partial charge in [0.2, 0.25) is 0 Å². The second-order valence-corrected chi connectivity index (χ2v) is 10.6. The highest BCUT2D eigenvalue weighted by Crippen LogP contribution is 2.45. The molecule has 0 bridgehead atoms. The van der Waals surface area contributed by atoms with Crippen molar-refractivity contribution >= 4 is 55.7 Å². The lowest BCUT2D eigenvalue weighted by Crippen LogP contribution is -2.29. The van der Waals surface area contributed by atoms with Gasteiger partial charge in [-0.15, -0.1) is 0 Å². The fourth-order valence-corrected chi connectivity index (χ4v) is 5.73. The van der Waals surface area contributed by atoms with Crippen LogP contribution in [0.25, 0.3) is 16.0 Å². The Morgan fingerprint density at radius 2 is 1.90 bits per heavy atom. The average Bonchev–Trinajstić information content (AvgIpc) is 3.49. The van der Waals surface area contributed by atoms with Crippen molar-refractivity contribution in [1.82, 2.24) is 4.98 Å². The molecule has 1 fully saturated rings. The van der Waals surface area contributed by atoms with Gasteiger partial charge in [0.1, 0.15) is 23.9 Å². The molecule has 204 valence electrons. The zero-order chi connectivity index (χ0) is 28.2. The number of carbonyl (C=O) groups excluding carboxylic acids is 2. The number of anilines is 1. The molecule has 7 nitrogen and oxygen atoms in total. The van der Waals surface area contributed by atoms with E-state index < -0.39 is 17.7 Å². The lowest BCUT2D eigenvalue weighted by molar-refractivity contribution is -0.132. The minimum atomic E-state index is -0.922. The largest absolute Gasteiger partial charge is 0.507 e. The molecule has 4 aromatic rings. The number of halogens is 1. The molecule has 1 unspecified atom stereocenters. The summed E-state index contributed by atoms with van der Waals surface area (Å²) in [6, 6.07) is 18.2. The van der Waals surface area contributed by atoms with Crippen molar-refractivity contribution in [2.24, 2.45) is 0 Å². The number of nitrogens with zero attached hydrogens (tertiary/aromatic N) is 2. The molecule has 1 aliphatic rings. The van der Waals surface area contributed by atoms with Crippen LogP contribution in [-0.2, 0) is 9.59 Å². The summed E-state index contributed by atoms with van der Waals surface area (Å²) in [5.41, 5.74) is 1.60. The van der Waals surface area contributed by atoms with Crippen molar-refractivity contribution in [3.05, 3.63) is 101 Å². The highest BCUT2D eigenvalue weighted by Gasteiger charge is 2.48. The van der Waals surface area contributed by atoms with Gasteiger partial charge in [-0.25, -0.2) is 4.98 Å². The molecule has 0 radical (unpaired) electrons. The molecule has 5 rings (SSSR count). The van der Waals surface area contributed by atoms with Crippen LogP contribution in [0.5, 0.6) is 11.5 Å². The predicted octanol–water partition coefficient (Wildman–Crippen LogP) is 7.32. The number of hydrogen-bond donors (Lipinski definition) is 1. The fourth-order valence-electron chi connectivity index (χ4n) is 4.46. The number of thiazole rings is 1. The molecule has 40 heavy (non-hydrogen) atoms. The van der Waals surface area contributed by atoms with Crippen molar-refractivity contribution in [3.63, 3.8) is 0 Å². The van der Waals surface area contributed by atoms with Gasteiger partial charge in [0.25, 0.3) is 5.78 Å². The zero-order valence-corrected chi connectivity index (χ0v) is 23.4. The first kappa shape index (κ1) is 27.4. The quantitative estimate of drug-likeness (QED) is 0.0702. The van der Waals surface area contributed by atoms with Gasteiger partial charge >= 0.3 is 5.91 Å². The van der Waals surface area contributed by atoms with Gasteiger partial charge in [0.05, 0.1) is 28.4 Å². The maximum atomic E-state index is 13.5. The van der Waals surface area contributed by atoms with E-state index >= 15 is 0 Å². The third-order valence-electron chi connectivity index (χ3n) is 6.43. The summed E-state index contributed by atoms with van der Waals surface area (Å²) >= 11 is 7.42. The van der Waals surface area contributed by atoms with E-state index in [1.165, 1.54) is 16.2 Å². The first-order chi connectivity index (χ1) is 19.4. The Bertz CT molecular complexity index is 1610.